The Bertz CT molecular complexity index is 579. The van der Waals surface area contributed by atoms with Gasteiger partial charge >= 0.3 is 0 Å². The smallest absolute Gasteiger partial charge is 0.251 e. The van der Waals surface area contributed by atoms with Crippen molar-refractivity contribution in [2.45, 2.75) is 6.42 Å². The molecule has 0 unspecified atom stereocenters. The minimum absolute atomic E-state index is 0.276. The van der Waals surface area contributed by atoms with Crippen molar-refractivity contribution in [3.63, 3.8) is 0 Å². The SMILES string of the molecule is NCCc1c(F)cccc1-n1cc(C(N)=O)cn1. The molecule has 0 saturated heterocycles. The largest absolute Gasteiger partial charge is 0.366 e. The highest BCUT2D eigenvalue weighted by Gasteiger charge is 2.11. The summed E-state index contributed by atoms with van der Waals surface area (Å²) in [5.74, 6) is -0.910. The molecule has 5 nitrogen and oxygen atoms in total. The van der Waals surface area contributed by atoms with Crippen molar-refractivity contribution < 1.29 is 9.18 Å². The topological polar surface area (TPSA) is 86.9 Å². The Balaban J connectivity index is 2.49. The van der Waals surface area contributed by atoms with Crippen LogP contribution in [0.1, 0.15) is 15.9 Å². The van der Waals surface area contributed by atoms with Crippen molar-refractivity contribution in [2.75, 3.05) is 6.54 Å². The number of carbonyl (C=O) groups is 1. The normalized spacial score (nSPS) is 10.6. The minimum atomic E-state index is -0.571. The lowest BCUT2D eigenvalue weighted by atomic mass is 10.1. The molecule has 0 atom stereocenters. The van der Waals surface area contributed by atoms with Crippen LogP contribution in [-0.2, 0) is 6.42 Å². The van der Waals surface area contributed by atoms with Gasteiger partial charge in [-0.2, -0.15) is 5.10 Å². The van der Waals surface area contributed by atoms with Gasteiger partial charge in [0.2, 0.25) is 0 Å². The second kappa shape index (κ2) is 4.97. The van der Waals surface area contributed by atoms with Gasteiger partial charge in [0.05, 0.1) is 17.4 Å². The van der Waals surface area contributed by atoms with Gasteiger partial charge in [0.15, 0.2) is 0 Å². The molecule has 0 aliphatic rings. The lowest BCUT2D eigenvalue weighted by Crippen LogP contribution is -2.10. The summed E-state index contributed by atoms with van der Waals surface area (Å²) in [5, 5.41) is 4.00. The summed E-state index contributed by atoms with van der Waals surface area (Å²) < 4.78 is 15.1. The van der Waals surface area contributed by atoms with Crippen molar-refractivity contribution in [1.82, 2.24) is 9.78 Å². The molecule has 1 amide bonds. The number of rotatable bonds is 4. The number of nitrogens with zero attached hydrogens (tertiary/aromatic N) is 2. The Hall–Kier alpha value is -2.21. The molecular formula is C12H13FN4O. The summed E-state index contributed by atoms with van der Waals surface area (Å²) in [6.07, 6.45) is 3.21. The highest BCUT2D eigenvalue weighted by Crippen LogP contribution is 2.18. The Morgan fingerprint density at radius 2 is 2.22 bits per heavy atom. The van der Waals surface area contributed by atoms with Gasteiger partial charge in [0, 0.05) is 11.8 Å². The fourth-order valence-corrected chi connectivity index (χ4v) is 1.74. The molecule has 1 aromatic carbocycles. The number of nitrogens with two attached hydrogens (primary N) is 2. The molecule has 1 aromatic heterocycles. The monoisotopic (exact) mass is 248 g/mol. The third-order valence-electron chi connectivity index (χ3n) is 2.60. The van der Waals surface area contributed by atoms with E-state index < -0.39 is 5.91 Å². The predicted molar refractivity (Wildman–Crippen MR) is 64.8 cm³/mol. The molecule has 0 fully saturated rings. The van der Waals surface area contributed by atoms with Gasteiger partial charge in [-0.3, -0.25) is 4.79 Å². The first kappa shape index (κ1) is 12.3. The zero-order valence-electron chi connectivity index (χ0n) is 9.64. The van der Waals surface area contributed by atoms with E-state index in [2.05, 4.69) is 5.10 Å². The third-order valence-corrected chi connectivity index (χ3v) is 2.60. The fourth-order valence-electron chi connectivity index (χ4n) is 1.74. The van der Waals surface area contributed by atoms with Crippen LogP contribution in [0.3, 0.4) is 0 Å². The number of amides is 1. The second-order valence-electron chi connectivity index (χ2n) is 3.81. The Kier molecular flexibility index (Phi) is 3.38. The quantitative estimate of drug-likeness (QED) is 0.831. The molecule has 94 valence electrons. The number of carbonyl (C=O) groups excluding carboxylic acids is 1. The number of hydrogen-bond donors (Lipinski definition) is 2. The van der Waals surface area contributed by atoms with E-state index in [-0.39, 0.29) is 11.4 Å². The van der Waals surface area contributed by atoms with Crippen LogP contribution in [0.2, 0.25) is 0 Å². The molecule has 1 heterocycles. The minimum Gasteiger partial charge on any atom is -0.366 e. The molecule has 0 saturated carbocycles. The van der Waals surface area contributed by atoms with Gasteiger partial charge in [0.1, 0.15) is 5.82 Å². The van der Waals surface area contributed by atoms with E-state index in [4.69, 9.17) is 11.5 Å². The van der Waals surface area contributed by atoms with Gasteiger partial charge in [-0.05, 0) is 25.1 Å². The van der Waals surface area contributed by atoms with Gasteiger partial charge in [-0.1, -0.05) is 6.07 Å². The van der Waals surface area contributed by atoms with Crippen LogP contribution in [0.4, 0.5) is 4.39 Å². The van der Waals surface area contributed by atoms with Crippen molar-refractivity contribution in [3.8, 4) is 5.69 Å². The zero-order valence-corrected chi connectivity index (χ0v) is 9.64. The number of hydrogen-bond acceptors (Lipinski definition) is 3. The predicted octanol–water partition coefficient (Wildman–Crippen LogP) is 0.611. The summed E-state index contributed by atoms with van der Waals surface area (Å²) >= 11 is 0. The summed E-state index contributed by atoms with van der Waals surface area (Å²) in [4.78, 5) is 11.0. The molecule has 6 heteroatoms. The lowest BCUT2D eigenvalue weighted by Gasteiger charge is -2.09. The van der Waals surface area contributed by atoms with E-state index in [9.17, 15) is 9.18 Å². The van der Waals surface area contributed by atoms with E-state index in [1.165, 1.54) is 23.1 Å². The standard InChI is InChI=1S/C12H13FN4O/c13-10-2-1-3-11(9(10)4-5-14)17-7-8(6-16-17)12(15)18/h1-3,6-7H,4-5,14H2,(H2,15,18). The molecule has 0 bridgehead atoms. The van der Waals surface area contributed by atoms with Crippen LogP contribution >= 0.6 is 0 Å². The van der Waals surface area contributed by atoms with Crippen molar-refractivity contribution in [3.05, 3.63) is 47.5 Å². The van der Waals surface area contributed by atoms with E-state index in [1.807, 2.05) is 0 Å². The molecule has 2 rings (SSSR count). The number of aromatic nitrogens is 2. The van der Waals surface area contributed by atoms with Crippen molar-refractivity contribution >= 4 is 5.91 Å². The highest BCUT2D eigenvalue weighted by molar-refractivity contribution is 5.92. The number of benzene rings is 1. The third kappa shape index (κ3) is 2.23. The Morgan fingerprint density at radius 1 is 1.44 bits per heavy atom. The first-order valence-electron chi connectivity index (χ1n) is 5.45. The lowest BCUT2D eigenvalue weighted by molar-refractivity contribution is 0.100. The molecule has 0 radical (unpaired) electrons. The number of primary amides is 1. The van der Waals surface area contributed by atoms with Gasteiger partial charge < -0.3 is 11.5 Å². The van der Waals surface area contributed by atoms with Crippen LogP contribution in [0.5, 0.6) is 0 Å². The van der Waals surface area contributed by atoms with Crippen molar-refractivity contribution in [2.24, 2.45) is 11.5 Å². The van der Waals surface area contributed by atoms with E-state index in [0.29, 0.717) is 24.2 Å². The Morgan fingerprint density at radius 3 is 2.83 bits per heavy atom. The maximum atomic E-state index is 13.7. The molecule has 4 N–H and O–H groups in total. The fraction of sp³-hybridized carbons (Fsp3) is 0.167. The van der Waals surface area contributed by atoms with Crippen molar-refractivity contribution in [1.29, 1.82) is 0 Å². The van der Waals surface area contributed by atoms with Crippen LogP contribution in [-0.4, -0.2) is 22.2 Å². The molecular weight excluding hydrogens is 235 g/mol. The van der Waals surface area contributed by atoms with E-state index >= 15 is 0 Å². The average molecular weight is 248 g/mol. The molecule has 0 spiro atoms. The van der Waals surface area contributed by atoms with Gasteiger partial charge in [-0.15, -0.1) is 0 Å². The Labute approximate surface area is 103 Å². The van der Waals surface area contributed by atoms with Gasteiger partial charge in [0.25, 0.3) is 5.91 Å². The highest BCUT2D eigenvalue weighted by atomic mass is 19.1. The summed E-state index contributed by atoms with van der Waals surface area (Å²) in [6.45, 7) is 0.331. The molecule has 0 aliphatic carbocycles. The van der Waals surface area contributed by atoms with Crippen LogP contribution in [0, 0.1) is 5.82 Å². The number of halogens is 1. The molecule has 0 aliphatic heterocycles. The maximum absolute atomic E-state index is 13.7. The second-order valence-corrected chi connectivity index (χ2v) is 3.81. The average Bonchev–Trinajstić information content (AvgIpc) is 2.81. The summed E-state index contributed by atoms with van der Waals surface area (Å²) in [6, 6.07) is 4.66. The van der Waals surface area contributed by atoms with Crippen LogP contribution in [0.25, 0.3) is 5.69 Å². The molecule has 2 aromatic rings. The summed E-state index contributed by atoms with van der Waals surface area (Å²) in [5.41, 5.74) is 11.9. The molecule has 18 heavy (non-hydrogen) atoms. The summed E-state index contributed by atoms with van der Waals surface area (Å²) in [7, 11) is 0. The van der Waals surface area contributed by atoms with E-state index in [1.54, 1.807) is 12.1 Å². The van der Waals surface area contributed by atoms with Crippen LogP contribution in [0.15, 0.2) is 30.6 Å². The van der Waals surface area contributed by atoms with Crippen LogP contribution < -0.4 is 11.5 Å². The first-order chi connectivity index (χ1) is 8.63. The van der Waals surface area contributed by atoms with E-state index in [0.717, 1.165) is 0 Å². The van der Waals surface area contributed by atoms with Gasteiger partial charge in [-0.25, -0.2) is 9.07 Å². The maximum Gasteiger partial charge on any atom is 0.251 e. The first-order valence-corrected chi connectivity index (χ1v) is 5.45. The zero-order chi connectivity index (χ0) is 13.1.